The predicted octanol–water partition coefficient (Wildman–Crippen LogP) is 3.24. The molecule has 0 spiro atoms. The van der Waals surface area contributed by atoms with Crippen molar-refractivity contribution in [2.24, 2.45) is 0 Å². The molecule has 0 aromatic heterocycles. The minimum atomic E-state index is -1.24. The van der Waals surface area contributed by atoms with E-state index in [1.54, 1.807) is 6.07 Å². The Balaban J connectivity index is 2.17. The molecule has 19 heavy (non-hydrogen) atoms. The van der Waals surface area contributed by atoms with E-state index in [0.29, 0.717) is 5.56 Å². The molecule has 0 aliphatic heterocycles. The topological polar surface area (TPSA) is 46.5 Å². The highest BCUT2D eigenvalue weighted by Gasteiger charge is 2.11. The van der Waals surface area contributed by atoms with Gasteiger partial charge in [0.15, 0.2) is 0 Å². The molecule has 0 unspecified atom stereocenters. The summed E-state index contributed by atoms with van der Waals surface area (Å²) in [6.45, 7) is -0.0780. The number of carboxylic acid groups (broad SMARTS) is 1. The summed E-state index contributed by atoms with van der Waals surface area (Å²) >= 11 is 0. The van der Waals surface area contributed by atoms with Crippen LogP contribution in [0, 0.1) is 11.6 Å². The fraction of sp³-hybridized carbons (Fsp3) is 0.0714. The van der Waals surface area contributed by atoms with Gasteiger partial charge in [0, 0.05) is 11.6 Å². The zero-order valence-corrected chi connectivity index (χ0v) is 9.77. The van der Waals surface area contributed by atoms with Gasteiger partial charge in [-0.05, 0) is 24.3 Å². The molecule has 0 aliphatic carbocycles. The molecule has 98 valence electrons. The molecule has 0 aliphatic rings. The fourth-order valence-corrected chi connectivity index (χ4v) is 1.59. The highest BCUT2D eigenvalue weighted by molar-refractivity contribution is 5.89. The normalized spacial score (nSPS) is 10.2. The third kappa shape index (κ3) is 3.28. The molecular weight excluding hydrogens is 254 g/mol. The van der Waals surface area contributed by atoms with Crippen molar-refractivity contribution in [3.63, 3.8) is 0 Å². The Morgan fingerprint density at radius 3 is 2.53 bits per heavy atom. The third-order valence-corrected chi connectivity index (χ3v) is 2.49. The maximum atomic E-state index is 13.0. The van der Waals surface area contributed by atoms with E-state index in [2.05, 4.69) is 0 Å². The molecule has 0 fully saturated rings. The van der Waals surface area contributed by atoms with Crippen molar-refractivity contribution in [3.8, 4) is 5.75 Å². The van der Waals surface area contributed by atoms with Crippen LogP contribution in [0.25, 0.3) is 0 Å². The van der Waals surface area contributed by atoms with E-state index in [-0.39, 0.29) is 17.9 Å². The number of rotatable bonds is 4. The van der Waals surface area contributed by atoms with E-state index in [1.165, 1.54) is 24.3 Å². The molecule has 3 nitrogen and oxygen atoms in total. The average Bonchev–Trinajstić information content (AvgIpc) is 2.37. The molecular formula is C14H10F2O3. The fourth-order valence-electron chi connectivity index (χ4n) is 1.59. The first-order valence-electron chi connectivity index (χ1n) is 5.46. The van der Waals surface area contributed by atoms with Crippen LogP contribution in [0.15, 0.2) is 42.5 Å². The molecule has 0 saturated heterocycles. The van der Waals surface area contributed by atoms with Gasteiger partial charge in [-0.25, -0.2) is 13.6 Å². The Morgan fingerprint density at radius 1 is 1.11 bits per heavy atom. The quantitative estimate of drug-likeness (QED) is 0.922. The van der Waals surface area contributed by atoms with Crippen molar-refractivity contribution in [1.82, 2.24) is 0 Å². The molecule has 0 saturated carbocycles. The van der Waals surface area contributed by atoms with Gasteiger partial charge in [-0.2, -0.15) is 0 Å². The standard InChI is InChI=1S/C14H10F2O3/c15-10-2-1-3-12(6-10)19-8-9-4-5-11(16)7-13(9)14(17)18/h1-7H,8H2,(H,17,18). The molecule has 0 radical (unpaired) electrons. The largest absolute Gasteiger partial charge is 0.489 e. The number of ether oxygens (including phenoxy) is 1. The summed E-state index contributed by atoms with van der Waals surface area (Å²) in [5, 5.41) is 8.95. The second-order valence-electron chi connectivity index (χ2n) is 3.85. The lowest BCUT2D eigenvalue weighted by Crippen LogP contribution is -2.06. The van der Waals surface area contributed by atoms with Crippen LogP contribution in [0.4, 0.5) is 8.78 Å². The summed E-state index contributed by atoms with van der Waals surface area (Å²) in [7, 11) is 0. The Labute approximate surface area is 108 Å². The number of halogens is 2. The lowest BCUT2D eigenvalue weighted by molar-refractivity contribution is 0.0693. The molecule has 1 N–H and O–H groups in total. The van der Waals surface area contributed by atoms with Crippen LogP contribution in [-0.4, -0.2) is 11.1 Å². The monoisotopic (exact) mass is 264 g/mol. The second kappa shape index (κ2) is 5.48. The number of benzene rings is 2. The summed E-state index contributed by atoms with van der Waals surface area (Å²) < 4.78 is 31.2. The molecule has 0 bridgehead atoms. The Kier molecular flexibility index (Phi) is 3.75. The van der Waals surface area contributed by atoms with Crippen molar-refractivity contribution >= 4 is 5.97 Å². The molecule has 2 rings (SSSR count). The van der Waals surface area contributed by atoms with Gasteiger partial charge in [-0.15, -0.1) is 0 Å². The van der Waals surface area contributed by atoms with Gasteiger partial charge in [-0.3, -0.25) is 0 Å². The van der Waals surface area contributed by atoms with E-state index in [9.17, 15) is 13.6 Å². The molecule has 0 amide bonds. The van der Waals surface area contributed by atoms with Crippen LogP contribution < -0.4 is 4.74 Å². The summed E-state index contributed by atoms with van der Waals surface area (Å²) in [4.78, 5) is 11.0. The van der Waals surface area contributed by atoms with E-state index in [4.69, 9.17) is 9.84 Å². The van der Waals surface area contributed by atoms with Gasteiger partial charge in [0.05, 0.1) is 5.56 Å². The molecule has 2 aromatic rings. The minimum Gasteiger partial charge on any atom is -0.489 e. The minimum absolute atomic E-state index is 0.0780. The summed E-state index contributed by atoms with van der Waals surface area (Å²) in [6, 6.07) is 8.89. The number of hydrogen-bond acceptors (Lipinski definition) is 2. The Morgan fingerprint density at radius 2 is 1.84 bits per heavy atom. The number of carbonyl (C=O) groups is 1. The zero-order valence-electron chi connectivity index (χ0n) is 9.77. The van der Waals surface area contributed by atoms with Gasteiger partial charge in [0.1, 0.15) is 24.0 Å². The average molecular weight is 264 g/mol. The molecule has 0 atom stereocenters. The first kappa shape index (κ1) is 13.0. The second-order valence-corrected chi connectivity index (χ2v) is 3.85. The van der Waals surface area contributed by atoms with Gasteiger partial charge in [0.25, 0.3) is 0 Å². The van der Waals surface area contributed by atoms with E-state index in [0.717, 1.165) is 12.1 Å². The van der Waals surface area contributed by atoms with E-state index >= 15 is 0 Å². The van der Waals surface area contributed by atoms with Crippen LogP contribution in [0.2, 0.25) is 0 Å². The molecule has 2 aromatic carbocycles. The van der Waals surface area contributed by atoms with Crippen LogP contribution in [-0.2, 0) is 6.61 Å². The predicted molar refractivity (Wildman–Crippen MR) is 64.1 cm³/mol. The highest BCUT2D eigenvalue weighted by Crippen LogP contribution is 2.17. The summed E-state index contributed by atoms with van der Waals surface area (Å²) in [5.41, 5.74) is 0.148. The lowest BCUT2D eigenvalue weighted by atomic mass is 10.1. The van der Waals surface area contributed by atoms with Crippen LogP contribution in [0.5, 0.6) is 5.75 Å². The van der Waals surface area contributed by atoms with E-state index < -0.39 is 17.6 Å². The number of hydrogen-bond donors (Lipinski definition) is 1. The van der Waals surface area contributed by atoms with E-state index in [1.807, 2.05) is 0 Å². The van der Waals surface area contributed by atoms with Gasteiger partial charge >= 0.3 is 5.97 Å². The lowest BCUT2D eigenvalue weighted by Gasteiger charge is -2.09. The number of carboxylic acids is 1. The van der Waals surface area contributed by atoms with Gasteiger partial charge in [-0.1, -0.05) is 12.1 Å². The smallest absolute Gasteiger partial charge is 0.336 e. The van der Waals surface area contributed by atoms with Gasteiger partial charge < -0.3 is 9.84 Å². The number of aromatic carboxylic acids is 1. The first-order chi connectivity index (χ1) is 9.06. The van der Waals surface area contributed by atoms with Crippen molar-refractivity contribution in [2.75, 3.05) is 0 Å². The molecule has 0 heterocycles. The molecule has 5 heteroatoms. The van der Waals surface area contributed by atoms with Crippen molar-refractivity contribution in [1.29, 1.82) is 0 Å². The van der Waals surface area contributed by atoms with Crippen molar-refractivity contribution < 1.29 is 23.4 Å². The van der Waals surface area contributed by atoms with Crippen molar-refractivity contribution in [2.45, 2.75) is 6.61 Å². The van der Waals surface area contributed by atoms with Crippen LogP contribution in [0.3, 0.4) is 0 Å². The highest BCUT2D eigenvalue weighted by atomic mass is 19.1. The third-order valence-electron chi connectivity index (χ3n) is 2.49. The zero-order chi connectivity index (χ0) is 13.8. The maximum Gasteiger partial charge on any atom is 0.336 e. The summed E-state index contributed by atoms with van der Waals surface area (Å²) in [5.74, 6) is -2.04. The van der Waals surface area contributed by atoms with Crippen LogP contribution in [0.1, 0.15) is 15.9 Å². The Hall–Kier alpha value is -2.43. The maximum absolute atomic E-state index is 13.0. The SMILES string of the molecule is O=C(O)c1cc(F)ccc1COc1cccc(F)c1. The van der Waals surface area contributed by atoms with Gasteiger partial charge in [0.2, 0.25) is 0 Å². The first-order valence-corrected chi connectivity index (χ1v) is 5.46. The Bertz CT molecular complexity index is 611. The van der Waals surface area contributed by atoms with Crippen LogP contribution >= 0.6 is 0 Å². The summed E-state index contributed by atoms with van der Waals surface area (Å²) in [6.07, 6.45) is 0. The van der Waals surface area contributed by atoms with Crippen molar-refractivity contribution in [3.05, 3.63) is 65.2 Å².